The highest BCUT2D eigenvalue weighted by Crippen LogP contribution is 2.38. The van der Waals surface area contributed by atoms with Gasteiger partial charge in [0.2, 0.25) is 0 Å². The topological polar surface area (TPSA) is 59.6 Å². The van der Waals surface area contributed by atoms with Crippen molar-refractivity contribution in [3.8, 4) is 0 Å². The van der Waals surface area contributed by atoms with E-state index in [4.69, 9.17) is 9.47 Å². The van der Waals surface area contributed by atoms with Gasteiger partial charge >= 0.3 is 6.03 Å². The maximum Gasteiger partial charge on any atom is 0.315 e. The number of amides is 2. The molecule has 2 amide bonds. The molecule has 2 saturated carbocycles. The Morgan fingerprint density at radius 3 is 2.57 bits per heavy atom. The van der Waals surface area contributed by atoms with Gasteiger partial charge in [-0.15, -0.1) is 0 Å². The van der Waals surface area contributed by atoms with E-state index in [0.29, 0.717) is 25.4 Å². The summed E-state index contributed by atoms with van der Waals surface area (Å²) in [5, 5.41) is 6.02. The molecule has 0 radical (unpaired) electrons. The van der Waals surface area contributed by atoms with Crippen molar-refractivity contribution >= 4 is 6.03 Å². The number of urea groups is 1. The second-order valence-electron chi connectivity index (χ2n) is 7.35. The number of hydrogen-bond acceptors (Lipinski definition) is 3. The van der Waals surface area contributed by atoms with E-state index in [9.17, 15) is 4.79 Å². The molecule has 2 aliphatic carbocycles. The molecule has 0 aromatic carbocycles. The van der Waals surface area contributed by atoms with Crippen molar-refractivity contribution in [3.05, 3.63) is 0 Å². The van der Waals surface area contributed by atoms with Crippen LogP contribution in [0.4, 0.5) is 4.79 Å². The van der Waals surface area contributed by atoms with Crippen molar-refractivity contribution in [3.63, 3.8) is 0 Å². The van der Waals surface area contributed by atoms with Crippen LogP contribution in [0, 0.1) is 5.92 Å². The molecule has 0 aromatic rings. The molecular weight excluding hydrogens is 292 g/mol. The lowest BCUT2D eigenvalue weighted by Gasteiger charge is -2.30. The predicted octanol–water partition coefficient (Wildman–Crippen LogP) is 2.98. The summed E-state index contributed by atoms with van der Waals surface area (Å²) < 4.78 is 11.7. The standard InChI is InChI=1S/C18H32N2O3/c21-18(19-10-12-22-16-5-3-1-2-4-6-16)20-15-9-11-23-17(13-15)14-7-8-14/h14-17H,1-13H2,(H2,19,20,21)/t15-,17+/m1/s1. The molecular formula is C18H32N2O3. The van der Waals surface area contributed by atoms with E-state index in [-0.39, 0.29) is 12.1 Å². The minimum absolute atomic E-state index is 0.0593. The number of nitrogens with one attached hydrogen (secondary N) is 2. The first-order valence-electron chi connectivity index (χ1n) is 9.59. The molecule has 5 heteroatoms. The summed E-state index contributed by atoms with van der Waals surface area (Å²) in [5.41, 5.74) is 0. The Balaban J connectivity index is 1.25. The number of carbonyl (C=O) groups excluding carboxylic acids is 1. The van der Waals surface area contributed by atoms with Crippen molar-refractivity contribution in [1.82, 2.24) is 10.6 Å². The van der Waals surface area contributed by atoms with Crippen molar-refractivity contribution in [2.24, 2.45) is 5.92 Å². The zero-order valence-corrected chi connectivity index (χ0v) is 14.2. The van der Waals surface area contributed by atoms with Crippen LogP contribution in [0.2, 0.25) is 0 Å². The average molecular weight is 324 g/mol. The van der Waals surface area contributed by atoms with Gasteiger partial charge < -0.3 is 20.1 Å². The lowest BCUT2D eigenvalue weighted by molar-refractivity contribution is -0.00923. The van der Waals surface area contributed by atoms with E-state index in [1.807, 2.05) is 0 Å². The van der Waals surface area contributed by atoms with Crippen LogP contribution in [0.1, 0.15) is 64.2 Å². The van der Waals surface area contributed by atoms with Crippen molar-refractivity contribution in [1.29, 1.82) is 0 Å². The van der Waals surface area contributed by atoms with E-state index in [1.165, 1.54) is 51.4 Å². The smallest absolute Gasteiger partial charge is 0.315 e. The number of hydrogen-bond donors (Lipinski definition) is 2. The Kier molecular flexibility index (Phi) is 6.57. The lowest BCUT2D eigenvalue weighted by Crippen LogP contribution is -2.47. The monoisotopic (exact) mass is 324 g/mol. The molecule has 0 spiro atoms. The first-order valence-corrected chi connectivity index (χ1v) is 9.59. The molecule has 2 N–H and O–H groups in total. The van der Waals surface area contributed by atoms with Gasteiger partial charge in [-0.2, -0.15) is 0 Å². The SMILES string of the molecule is O=C(NCCOC1CCCCCC1)N[C@@H]1CCO[C@H](C2CC2)C1. The largest absolute Gasteiger partial charge is 0.378 e. The third-order valence-electron chi connectivity index (χ3n) is 5.34. The fourth-order valence-electron chi connectivity index (χ4n) is 3.79. The second kappa shape index (κ2) is 8.88. The van der Waals surface area contributed by atoms with E-state index in [1.54, 1.807) is 0 Å². The summed E-state index contributed by atoms with van der Waals surface area (Å²) in [4.78, 5) is 12.0. The Bertz CT molecular complexity index is 365. The molecule has 23 heavy (non-hydrogen) atoms. The normalized spacial score (nSPS) is 29.7. The van der Waals surface area contributed by atoms with Crippen LogP contribution in [0.3, 0.4) is 0 Å². The molecule has 0 unspecified atom stereocenters. The molecule has 0 bridgehead atoms. The summed E-state index contributed by atoms with van der Waals surface area (Å²) in [6.07, 6.45) is 12.9. The summed E-state index contributed by atoms with van der Waals surface area (Å²) in [6.45, 7) is 1.99. The number of rotatable bonds is 6. The van der Waals surface area contributed by atoms with Gasteiger partial charge in [0.15, 0.2) is 0 Å². The fourth-order valence-corrected chi connectivity index (χ4v) is 3.79. The van der Waals surface area contributed by atoms with E-state index < -0.39 is 0 Å². The van der Waals surface area contributed by atoms with Crippen LogP contribution < -0.4 is 10.6 Å². The Labute approximate surface area is 139 Å². The van der Waals surface area contributed by atoms with Gasteiger partial charge in [-0.05, 0) is 44.4 Å². The molecule has 1 heterocycles. The molecule has 1 saturated heterocycles. The molecule has 3 aliphatic rings. The first kappa shape index (κ1) is 17.0. The Morgan fingerprint density at radius 2 is 1.83 bits per heavy atom. The third kappa shape index (κ3) is 5.96. The maximum absolute atomic E-state index is 12.0. The minimum Gasteiger partial charge on any atom is -0.378 e. The molecule has 2 atom stereocenters. The Hall–Kier alpha value is -0.810. The fraction of sp³-hybridized carbons (Fsp3) is 0.944. The van der Waals surface area contributed by atoms with Crippen molar-refractivity contribution in [2.75, 3.05) is 19.8 Å². The highest BCUT2D eigenvalue weighted by Gasteiger charge is 2.36. The first-order chi connectivity index (χ1) is 11.3. The number of ether oxygens (including phenoxy) is 2. The van der Waals surface area contributed by atoms with Crippen molar-refractivity contribution in [2.45, 2.75) is 82.5 Å². The minimum atomic E-state index is -0.0593. The van der Waals surface area contributed by atoms with E-state index in [2.05, 4.69) is 10.6 Å². The Morgan fingerprint density at radius 1 is 1.04 bits per heavy atom. The highest BCUT2D eigenvalue weighted by molar-refractivity contribution is 5.74. The molecule has 3 fully saturated rings. The van der Waals surface area contributed by atoms with Gasteiger partial charge in [0.25, 0.3) is 0 Å². The van der Waals surface area contributed by atoms with E-state index in [0.717, 1.165) is 25.4 Å². The van der Waals surface area contributed by atoms with Gasteiger partial charge in [-0.1, -0.05) is 25.7 Å². The van der Waals surface area contributed by atoms with Crippen LogP contribution in [0.25, 0.3) is 0 Å². The van der Waals surface area contributed by atoms with Crippen LogP contribution in [-0.2, 0) is 9.47 Å². The maximum atomic E-state index is 12.0. The van der Waals surface area contributed by atoms with Gasteiger partial charge in [0, 0.05) is 19.2 Å². The summed E-state index contributed by atoms with van der Waals surface area (Å²) in [7, 11) is 0. The van der Waals surface area contributed by atoms with Crippen molar-refractivity contribution < 1.29 is 14.3 Å². The molecule has 3 rings (SSSR count). The molecule has 1 aliphatic heterocycles. The summed E-state index contributed by atoms with van der Waals surface area (Å²) >= 11 is 0. The van der Waals surface area contributed by atoms with Crippen LogP contribution in [0.15, 0.2) is 0 Å². The van der Waals surface area contributed by atoms with Gasteiger partial charge in [0.05, 0.1) is 18.8 Å². The van der Waals surface area contributed by atoms with Gasteiger partial charge in [-0.25, -0.2) is 4.79 Å². The van der Waals surface area contributed by atoms with Crippen LogP contribution >= 0.6 is 0 Å². The lowest BCUT2D eigenvalue weighted by atomic mass is 10.0. The van der Waals surface area contributed by atoms with Gasteiger partial charge in [0.1, 0.15) is 0 Å². The van der Waals surface area contributed by atoms with Gasteiger partial charge in [-0.3, -0.25) is 0 Å². The zero-order valence-electron chi connectivity index (χ0n) is 14.2. The number of carbonyl (C=O) groups is 1. The summed E-state index contributed by atoms with van der Waals surface area (Å²) in [6, 6.07) is 0.202. The summed E-state index contributed by atoms with van der Waals surface area (Å²) in [5.74, 6) is 0.746. The van der Waals surface area contributed by atoms with Crippen LogP contribution in [0.5, 0.6) is 0 Å². The third-order valence-corrected chi connectivity index (χ3v) is 5.34. The van der Waals surface area contributed by atoms with Crippen LogP contribution in [-0.4, -0.2) is 44.0 Å². The molecule has 132 valence electrons. The molecule has 5 nitrogen and oxygen atoms in total. The predicted molar refractivity (Wildman–Crippen MR) is 89.5 cm³/mol. The quantitative estimate of drug-likeness (QED) is 0.583. The highest BCUT2D eigenvalue weighted by atomic mass is 16.5. The van der Waals surface area contributed by atoms with E-state index >= 15 is 0 Å². The second-order valence-corrected chi connectivity index (χ2v) is 7.35. The zero-order chi connectivity index (χ0) is 15.9. The average Bonchev–Trinajstić information content (AvgIpc) is 3.39. The molecule has 0 aromatic heterocycles.